The zero-order chi connectivity index (χ0) is 19.9. The first-order valence-electron chi connectivity index (χ1n) is 9.54. The highest BCUT2D eigenvalue weighted by molar-refractivity contribution is 5.81. The van der Waals surface area contributed by atoms with Crippen molar-refractivity contribution in [3.8, 4) is 11.5 Å². The van der Waals surface area contributed by atoms with Crippen LogP contribution in [-0.2, 0) is 10.2 Å². The van der Waals surface area contributed by atoms with Crippen LogP contribution in [0, 0.1) is 6.92 Å². The molecule has 4 nitrogen and oxygen atoms in total. The van der Waals surface area contributed by atoms with Crippen molar-refractivity contribution < 1.29 is 14.3 Å². The summed E-state index contributed by atoms with van der Waals surface area (Å²) in [6, 6.07) is 15.8. The van der Waals surface area contributed by atoms with Gasteiger partial charge in [-0.15, -0.1) is 0 Å². The van der Waals surface area contributed by atoms with E-state index in [1.807, 2.05) is 50.2 Å². The first-order chi connectivity index (χ1) is 12.8. The Morgan fingerprint density at radius 3 is 2.37 bits per heavy atom. The molecule has 4 heteroatoms. The molecule has 1 N–H and O–H groups in total. The topological polar surface area (TPSA) is 47.6 Å². The van der Waals surface area contributed by atoms with Crippen LogP contribution in [0.2, 0.25) is 0 Å². The van der Waals surface area contributed by atoms with E-state index >= 15 is 0 Å². The van der Waals surface area contributed by atoms with Crippen molar-refractivity contribution in [2.75, 3.05) is 13.2 Å². The van der Waals surface area contributed by atoms with Crippen molar-refractivity contribution in [1.82, 2.24) is 5.32 Å². The molecular formula is C23H31NO3. The predicted octanol–water partition coefficient (Wildman–Crippen LogP) is 4.65. The highest BCUT2D eigenvalue weighted by Gasteiger charge is 2.18. The number of nitrogens with one attached hydrogen (secondary N) is 1. The van der Waals surface area contributed by atoms with Crippen molar-refractivity contribution in [2.24, 2.45) is 0 Å². The van der Waals surface area contributed by atoms with Crippen LogP contribution in [0.4, 0.5) is 0 Å². The third-order valence-corrected chi connectivity index (χ3v) is 4.32. The molecular weight excluding hydrogens is 338 g/mol. The molecule has 1 atom stereocenters. The molecule has 0 bridgehead atoms. The minimum atomic E-state index is -0.502. The molecule has 0 aliphatic rings. The van der Waals surface area contributed by atoms with Crippen LogP contribution in [0.5, 0.6) is 11.5 Å². The van der Waals surface area contributed by atoms with Gasteiger partial charge < -0.3 is 14.8 Å². The maximum atomic E-state index is 12.3. The van der Waals surface area contributed by atoms with Crippen LogP contribution in [0.3, 0.4) is 0 Å². The number of hydrogen-bond acceptors (Lipinski definition) is 3. The van der Waals surface area contributed by atoms with E-state index in [1.54, 1.807) is 0 Å². The number of carbonyl (C=O) groups is 1. The summed E-state index contributed by atoms with van der Waals surface area (Å²) in [4.78, 5) is 12.3. The molecule has 2 rings (SSSR count). The number of aryl methyl sites for hydroxylation is 1. The summed E-state index contributed by atoms with van der Waals surface area (Å²) < 4.78 is 11.5. The Morgan fingerprint density at radius 2 is 1.78 bits per heavy atom. The Bertz CT molecular complexity index is 732. The van der Waals surface area contributed by atoms with E-state index in [9.17, 15) is 4.79 Å². The molecule has 0 aromatic heterocycles. The molecule has 0 saturated heterocycles. The van der Waals surface area contributed by atoms with E-state index in [0.29, 0.717) is 25.3 Å². The van der Waals surface area contributed by atoms with Gasteiger partial charge in [0, 0.05) is 0 Å². The highest BCUT2D eigenvalue weighted by Crippen LogP contribution is 2.24. The summed E-state index contributed by atoms with van der Waals surface area (Å²) in [7, 11) is 0. The molecule has 2 aromatic carbocycles. The fraction of sp³-hybridized carbons (Fsp3) is 0.435. The largest absolute Gasteiger partial charge is 0.492 e. The zero-order valence-electron chi connectivity index (χ0n) is 17.0. The number of carbonyl (C=O) groups excluding carboxylic acids is 1. The second-order valence-electron chi connectivity index (χ2n) is 7.75. The van der Waals surface area contributed by atoms with Crippen LogP contribution in [-0.4, -0.2) is 25.2 Å². The van der Waals surface area contributed by atoms with Crippen LogP contribution in [0.1, 0.15) is 45.2 Å². The lowest BCUT2D eigenvalue weighted by Gasteiger charge is -2.19. The molecule has 146 valence electrons. The third kappa shape index (κ3) is 6.63. The molecule has 0 unspecified atom stereocenters. The Morgan fingerprint density at radius 1 is 1.07 bits per heavy atom. The molecule has 0 radical (unpaired) electrons. The van der Waals surface area contributed by atoms with Crippen LogP contribution >= 0.6 is 0 Å². The van der Waals surface area contributed by atoms with Crippen molar-refractivity contribution in [2.45, 2.75) is 52.6 Å². The first-order valence-corrected chi connectivity index (χ1v) is 9.54. The number of hydrogen-bond donors (Lipinski definition) is 1. The number of benzene rings is 2. The molecule has 0 heterocycles. The van der Waals surface area contributed by atoms with E-state index in [2.05, 4.69) is 38.2 Å². The fourth-order valence-corrected chi connectivity index (χ4v) is 2.68. The lowest BCUT2D eigenvalue weighted by molar-refractivity contribution is -0.128. The Labute approximate surface area is 162 Å². The summed E-state index contributed by atoms with van der Waals surface area (Å²) in [5.74, 6) is 1.40. The predicted molar refractivity (Wildman–Crippen MR) is 110 cm³/mol. The van der Waals surface area contributed by atoms with E-state index in [-0.39, 0.29) is 11.3 Å². The molecule has 1 amide bonds. The van der Waals surface area contributed by atoms with Crippen LogP contribution in [0.15, 0.2) is 48.5 Å². The molecule has 0 aliphatic carbocycles. The van der Waals surface area contributed by atoms with Gasteiger partial charge in [-0.3, -0.25) is 4.79 Å². The van der Waals surface area contributed by atoms with Gasteiger partial charge in [-0.25, -0.2) is 0 Å². The first kappa shape index (κ1) is 20.8. The summed E-state index contributed by atoms with van der Waals surface area (Å²) in [6.07, 6.45) is 0.104. The molecule has 0 fully saturated rings. The lowest BCUT2D eigenvalue weighted by atomic mass is 9.87. The maximum Gasteiger partial charge on any atom is 0.261 e. The van der Waals surface area contributed by atoms with E-state index in [4.69, 9.17) is 9.47 Å². The van der Waals surface area contributed by atoms with Gasteiger partial charge >= 0.3 is 0 Å². The minimum Gasteiger partial charge on any atom is -0.492 e. The maximum absolute atomic E-state index is 12.3. The van der Waals surface area contributed by atoms with Crippen LogP contribution < -0.4 is 14.8 Å². The minimum absolute atomic E-state index is 0.120. The van der Waals surface area contributed by atoms with Gasteiger partial charge in [0.2, 0.25) is 0 Å². The smallest absolute Gasteiger partial charge is 0.261 e. The fourth-order valence-electron chi connectivity index (χ4n) is 2.68. The second kappa shape index (κ2) is 9.45. The summed E-state index contributed by atoms with van der Waals surface area (Å²) in [6.45, 7) is 11.3. The van der Waals surface area contributed by atoms with Crippen molar-refractivity contribution in [1.29, 1.82) is 0 Å². The second-order valence-corrected chi connectivity index (χ2v) is 7.75. The molecule has 0 saturated carbocycles. The van der Waals surface area contributed by atoms with Gasteiger partial charge in [0.05, 0.1) is 6.54 Å². The number of amides is 1. The van der Waals surface area contributed by atoms with Gasteiger partial charge in [-0.1, -0.05) is 52.0 Å². The zero-order valence-corrected chi connectivity index (χ0v) is 17.0. The Kier molecular flexibility index (Phi) is 7.28. The third-order valence-electron chi connectivity index (χ3n) is 4.32. The summed E-state index contributed by atoms with van der Waals surface area (Å²) >= 11 is 0. The average molecular weight is 370 g/mol. The molecule has 0 spiro atoms. The van der Waals surface area contributed by atoms with Gasteiger partial charge in [0.25, 0.3) is 5.91 Å². The average Bonchev–Trinajstić information content (AvgIpc) is 2.63. The lowest BCUT2D eigenvalue weighted by Crippen LogP contribution is -2.39. The summed E-state index contributed by atoms with van der Waals surface area (Å²) in [5.41, 5.74) is 2.50. The number of ether oxygens (including phenoxy) is 2. The normalized spacial score (nSPS) is 12.3. The van der Waals surface area contributed by atoms with Gasteiger partial charge in [-0.05, 0) is 54.2 Å². The van der Waals surface area contributed by atoms with Gasteiger partial charge in [0.1, 0.15) is 18.1 Å². The van der Waals surface area contributed by atoms with Crippen molar-refractivity contribution in [3.63, 3.8) is 0 Å². The molecule has 27 heavy (non-hydrogen) atoms. The van der Waals surface area contributed by atoms with Crippen molar-refractivity contribution in [3.05, 3.63) is 59.7 Å². The molecule has 0 aliphatic heterocycles. The molecule has 2 aromatic rings. The monoisotopic (exact) mass is 369 g/mol. The Hall–Kier alpha value is -2.49. The van der Waals surface area contributed by atoms with Gasteiger partial charge in [0.15, 0.2) is 6.10 Å². The SMILES string of the molecule is CC[C@H](Oc1cccc(C)c1)C(=O)NCCOc1ccc(C(C)(C)C)cc1. The standard InChI is InChI=1S/C23H31NO3/c1-6-21(27-20-9-7-8-17(2)16-20)22(25)24-14-15-26-19-12-10-18(11-13-19)23(3,4)5/h7-13,16,21H,6,14-15H2,1-5H3,(H,24,25)/t21-/m0/s1. The summed E-state index contributed by atoms with van der Waals surface area (Å²) in [5, 5.41) is 2.89. The quantitative estimate of drug-likeness (QED) is 0.689. The van der Waals surface area contributed by atoms with Crippen molar-refractivity contribution >= 4 is 5.91 Å². The highest BCUT2D eigenvalue weighted by atomic mass is 16.5. The van der Waals surface area contributed by atoms with E-state index in [1.165, 1.54) is 5.56 Å². The Balaban J connectivity index is 1.77. The van der Waals surface area contributed by atoms with Crippen LogP contribution in [0.25, 0.3) is 0 Å². The van der Waals surface area contributed by atoms with Gasteiger partial charge in [-0.2, -0.15) is 0 Å². The van der Waals surface area contributed by atoms with E-state index in [0.717, 1.165) is 11.3 Å². The number of rotatable bonds is 8. The van der Waals surface area contributed by atoms with E-state index < -0.39 is 6.10 Å².